The maximum atomic E-state index is 12.5. The number of nitrogens with one attached hydrogen (secondary N) is 1. The minimum Gasteiger partial charge on any atom is -0.493 e. The second-order valence-electron chi connectivity index (χ2n) is 4.59. The first kappa shape index (κ1) is 15.4. The highest BCUT2D eigenvalue weighted by molar-refractivity contribution is 6.21. The largest absolute Gasteiger partial charge is 0.493 e. The van der Waals surface area contributed by atoms with Crippen molar-refractivity contribution >= 4 is 23.2 Å². The quantitative estimate of drug-likeness (QED) is 0.817. The molecule has 0 fully saturated rings. The summed E-state index contributed by atoms with van der Waals surface area (Å²) in [5.41, 5.74) is 2.12. The van der Waals surface area contributed by atoms with Gasteiger partial charge in [-0.3, -0.25) is 4.79 Å². The molecule has 1 amide bonds. The number of halogens is 1. The van der Waals surface area contributed by atoms with E-state index in [1.54, 1.807) is 12.1 Å². The average molecular weight is 304 g/mol. The lowest BCUT2D eigenvalue weighted by atomic mass is 10.1. The fourth-order valence-corrected chi connectivity index (χ4v) is 2.27. The summed E-state index contributed by atoms with van der Waals surface area (Å²) in [4.78, 5) is 12.5. The summed E-state index contributed by atoms with van der Waals surface area (Å²) in [6, 6.07) is 14.7. The fourth-order valence-electron chi connectivity index (χ4n) is 2.08. The molecule has 0 heterocycles. The number of hydrogen-bond donors (Lipinski definition) is 1. The molecule has 2 rings (SSSR count). The van der Waals surface area contributed by atoms with Gasteiger partial charge in [-0.15, -0.1) is 11.6 Å². The van der Waals surface area contributed by atoms with E-state index in [0.717, 1.165) is 11.3 Å². The van der Waals surface area contributed by atoms with Crippen molar-refractivity contribution in [2.24, 2.45) is 0 Å². The topological polar surface area (TPSA) is 38.3 Å². The normalized spacial score (nSPS) is 11.8. The maximum absolute atomic E-state index is 12.5. The monoisotopic (exact) mass is 303 g/mol. The molecule has 0 saturated carbocycles. The lowest BCUT2D eigenvalue weighted by Crippen LogP contribution is -2.15. The molecule has 1 N–H and O–H groups in total. The number of carbonyl (C=O) groups is 1. The molecule has 0 aliphatic heterocycles. The Kier molecular flexibility index (Phi) is 5.23. The van der Waals surface area contributed by atoms with Crippen LogP contribution in [0.25, 0.3) is 0 Å². The van der Waals surface area contributed by atoms with Crippen molar-refractivity contribution in [2.75, 3.05) is 11.9 Å². The predicted octanol–water partition coefficient (Wildman–Crippen LogP) is 4.64. The number of amides is 1. The smallest absolute Gasteiger partial charge is 0.259 e. The molecule has 3 nitrogen and oxygen atoms in total. The van der Waals surface area contributed by atoms with E-state index in [0.29, 0.717) is 17.9 Å². The zero-order valence-electron chi connectivity index (χ0n) is 12.1. The van der Waals surface area contributed by atoms with Crippen LogP contribution in [0.3, 0.4) is 0 Å². The molecule has 0 saturated heterocycles. The van der Waals surface area contributed by atoms with Gasteiger partial charge in [-0.25, -0.2) is 0 Å². The number of alkyl halides is 1. The van der Waals surface area contributed by atoms with Crippen LogP contribution < -0.4 is 10.1 Å². The van der Waals surface area contributed by atoms with Gasteiger partial charge in [0.25, 0.3) is 5.91 Å². The van der Waals surface area contributed by atoms with Crippen LogP contribution in [0.2, 0.25) is 0 Å². The van der Waals surface area contributed by atoms with Gasteiger partial charge in [0.1, 0.15) is 5.75 Å². The minimum absolute atomic E-state index is 0.177. The highest BCUT2D eigenvalue weighted by Gasteiger charge is 2.15. The number of hydrogen-bond acceptors (Lipinski definition) is 2. The van der Waals surface area contributed by atoms with E-state index in [4.69, 9.17) is 16.3 Å². The SMILES string of the molecule is CCOc1ccccc1C(=O)Nc1ccccc1C(C)Cl. The third-order valence-corrected chi connectivity index (χ3v) is 3.30. The Morgan fingerprint density at radius 1 is 1.19 bits per heavy atom. The second kappa shape index (κ2) is 7.14. The summed E-state index contributed by atoms with van der Waals surface area (Å²) in [6.07, 6.45) is 0. The Bertz CT molecular complexity index is 626. The van der Waals surface area contributed by atoms with Gasteiger partial charge in [-0.2, -0.15) is 0 Å². The number of anilines is 1. The molecular weight excluding hydrogens is 286 g/mol. The fraction of sp³-hybridized carbons (Fsp3) is 0.235. The zero-order chi connectivity index (χ0) is 15.2. The molecule has 21 heavy (non-hydrogen) atoms. The van der Waals surface area contributed by atoms with Crippen molar-refractivity contribution in [3.05, 3.63) is 59.7 Å². The Morgan fingerprint density at radius 3 is 2.57 bits per heavy atom. The van der Waals surface area contributed by atoms with Crippen LogP contribution in [0, 0.1) is 0 Å². The summed E-state index contributed by atoms with van der Waals surface area (Å²) in [7, 11) is 0. The van der Waals surface area contributed by atoms with E-state index >= 15 is 0 Å². The first-order valence-electron chi connectivity index (χ1n) is 6.89. The Labute approximate surface area is 129 Å². The van der Waals surface area contributed by atoms with Crippen LogP contribution >= 0.6 is 11.6 Å². The summed E-state index contributed by atoms with van der Waals surface area (Å²) >= 11 is 6.14. The first-order chi connectivity index (χ1) is 10.1. The summed E-state index contributed by atoms with van der Waals surface area (Å²) in [6.45, 7) is 4.28. The molecule has 2 aromatic rings. The molecule has 0 aliphatic carbocycles. The van der Waals surface area contributed by atoms with Crippen molar-refractivity contribution < 1.29 is 9.53 Å². The summed E-state index contributed by atoms with van der Waals surface area (Å²) in [5, 5.41) is 2.73. The van der Waals surface area contributed by atoms with Gasteiger partial charge < -0.3 is 10.1 Å². The Morgan fingerprint density at radius 2 is 1.86 bits per heavy atom. The lowest BCUT2D eigenvalue weighted by molar-refractivity contribution is 0.102. The molecule has 0 aromatic heterocycles. The van der Waals surface area contributed by atoms with Crippen molar-refractivity contribution in [2.45, 2.75) is 19.2 Å². The predicted molar refractivity (Wildman–Crippen MR) is 86.3 cm³/mol. The third kappa shape index (κ3) is 3.76. The molecule has 0 aliphatic rings. The molecule has 0 bridgehead atoms. The molecule has 1 atom stereocenters. The second-order valence-corrected chi connectivity index (χ2v) is 5.24. The van der Waals surface area contributed by atoms with Crippen LogP contribution in [-0.2, 0) is 0 Å². The Balaban J connectivity index is 2.27. The van der Waals surface area contributed by atoms with Crippen LogP contribution in [-0.4, -0.2) is 12.5 Å². The first-order valence-corrected chi connectivity index (χ1v) is 7.33. The van der Waals surface area contributed by atoms with E-state index in [1.807, 2.05) is 50.2 Å². The van der Waals surface area contributed by atoms with Gasteiger partial charge in [-0.05, 0) is 37.6 Å². The van der Waals surface area contributed by atoms with Crippen molar-refractivity contribution in [1.82, 2.24) is 0 Å². The number of rotatable bonds is 5. The number of para-hydroxylation sites is 2. The van der Waals surface area contributed by atoms with E-state index in [1.165, 1.54) is 0 Å². The lowest BCUT2D eigenvalue weighted by Gasteiger charge is -2.14. The van der Waals surface area contributed by atoms with Gasteiger partial charge in [0.15, 0.2) is 0 Å². The van der Waals surface area contributed by atoms with Gasteiger partial charge in [0, 0.05) is 5.69 Å². The van der Waals surface area contributed by atoms with Crippen LogP contribution in [0.5, 0.6) is 5.75 Å². The molecule has 1 unspecified atom stereocenters. The number of carbonyl (C=O) groups excluding carboxylic acids is 1. The molecule has 110 valence electrons. The molecular formula is C17H18ClNO2. The molecule has 0 spiro atoms. The van der Waals surface area contributed by atoms with Gasteiger partial charge in [-0.1, -0.05) is 30.3 Å². The van der Waals surface area contributed by atoms with Gasteiger partial charge in [0.2, 0.25) is 0 Å². The van der Waals surface area contributed by atoms with Crippen molar-refractivity contribution in [1.29, 1.82) is 0 Å². The summed E-state index contributed by atoms with van der Waals surface area (Å²) < 4.78 is 5.49. The van der Waals surface area contributed by atoms with E-state index in [2.05, 4.69) is 5.32 Å². The zero-order valence-corrected chi connectivity index (χ0v) is 12.9. The molecule has 0 radical (unpaired) electrons. The Hall–Kier alpha value is -2.00. The standard InChI is InChI=1S/C17H18ClNO2/c1-3-21-16-11-7-5-9-14(16)17(20)19-15-10-6-4-8-13(15)12(2)18/h4-12H,3H2,1-2H3,(H,19,20). The van der Waals surface area contributed by atoms with Crippen LogP contribution in [0.4, 0.5) is 5.69 Å². The van der Waals surface area contributed by atoms with Gasteiger partial charge >= 0.3 is 0 Å². The van der Waals surface area contributed by atoms with E-state index < -0.39 is 0 Å². The van der Waals surface area contributed by atoms with E-state index in [9.17, 15) is 4.79 Å². The van der Waals surface area contributed by atoms with E-state index in [-0.39, 0.29) is 11.3 Å². The number of benzene rings is 2. The molecule has 4 heteroatoms. The van der Waals surface area contributed by atoms with Gasteiger partial charge in [0.05, 0.1) is 17.5 Å². The van der Waals surface area contributed by atoms with Crippen LogP contribution in [0.1, 0.15) is 35.1 Å². The van der Waals surface area contributed by atoms with Crippen molar-refractivity contribution in [3.8, 4) is 5.75 Å². The molecule has 2 aromatic carbocycles. The third-order valence-electron chi connectivity index (χ3n) is 3.07. The highest BCUT2D eigenvalue weighted by atomic mass is 35.5. The highest BCUT2D eigenvalue weighted by Crippen LogP contribution is 2.28. The summed E-state index contributed by atoms with van der Waals surface area (Å²) in [5.74, 6) is 0.373. The average Bonchev–Trinajstić information content (AvgIpc) is 2.48. The van der Waals surface area contributed by atoms with Crippen molar-refractivity contribution in [3.63, 3.8) is 0 Å². The number of ether oxygens (including phenoxy) is 1. The maximum Gasteiger partial charge on any atom is 0.259 e. The van der Waals surface area contributed by atoms with Crippen LogP contribution in [0.15, 0.2) is 48.5 Å². The minimum atomic E-state index is -0.205.